The first-order chi connectivity index (χ1) is 16.2. The van der Waals surface area contributed by atoms with Crippen LogP contribution >= 0.6 is 11.3 Å². The van der Waals surface area contributed by atoms with Gasteiger partial charge in [0.2, 0.25) is 0 Å². The van der Waals surface area contributed by atoms with Gasteiger partial charge in [-0.1, -0.05) is 25.0 Å². The molecule has 6 nitrogen and oxygen atoms in total. The minimum absolute atomic E-state index is 0.0000218. The van der Waals surface area contributed by atoms with Gasteiger partial charge in [-0.3, -0.25) is 14.2 Å². The van der Waals surface area contributed by atoms with E-state index < -0.39 is 0 Å². The molecule has 2 aliphatic heterocycles. The highest BCUT2D eigenvalue weighted by Gasteiger charge is 2.33. The van der Waals surface area contributed by atoms with Gasteiger partial charge in [-0.05, 0) is 56.0 Å². The molecule has 0 spiro atoms. The molecule has 0 saturated carbocycles. The predicted octanol–water partition coefficient (Wildman–Crippen LogP) is 5.10. The number of fused-ring (bicyclic) bond motifs is 3. The molecule has 2 aromatic heterocycles. The Morgan fingerprint density at radius 2 is 1.82 bits per heavy atom. The lowest BCUT2D eigenvalue weighted by atomic mass is 10.1. The number of carbonyl (C=O) groups excluding carboxylic acids is 1. The quantitative estimate of drug-likeness (QED) is 0.419. The van der Waals surface area contributed by atoms with Gasteiger partial charge in [0.15, 0.2) is 0 Å². The van der Waals surface area contributed by atoms with E-state index in [1.165, 1.54) is 6.42 Å². The van der Waals surface area contributed by atoms with Crippen LogP contribution in [0.5, 0.6) is 0 Å². The molecule has 2 aromatic carbocycles. The first-order valence-corrected chi connectivity index (χ1v) is 12.7. The van der Waals surface area contributed by atoms with Gasteiger partial charge in [0.25, 0.3) is 11.5 Å². The SMILES string of the molecule is O=C(c1ccc2c(=O)n3c(nc2c1)CCCCCC3)N1CCCC1c1nc2ccccc2s1. The van der Waals surface area contributed by atoms with Crippen molar-refractivity contribution < 1.29 is 4.79 Å². The van der Waals surface area contributed by atoms with E-state index in [-0.39, 0.29) is 17.5 Å². The highest BCUT2D eigenvalue weighted by molar-refractivity contribution is 7.18. The summed E-state index contributed by atoms with van der Waals surface area (Å²) in [5, 5.41) is 1.60. The summed E-state index contributed by atoms with van der Waals surface area (Å²) in [5.74, 6) is 0.845. The predicted molar refractivity (Wildman–Crippen MR) is 131 cm³/mol. The molecule has 168 valence electrons. The standard InChI is InChI=1S/C26H26N4O2S/c31-25(29-15-7-9-21(29)24-28-19-8-4-5-10-22(19)33-24)17-12-13-18-20(16-17)27-23-11-3-1-2-6-14-30(23)26(18)32/h4-5,8,10,12-13,16,21H,1-3,6-7,9,11,14-15H2. The van der Waals surface area contributed by atoms with Crippen molar-refractivity contribution in [2.24, 2.45) is 0 Å². The summed E-state index contributed by atoms with van der Waals surface area (Å²) < 4.78 is 2.99. The van der Waals surface area contributed by atoms with Crippen molar-refractivity contribution >= 4 is 38.4 Å². The Bertz CT molecular complexity index is 1390. The zero-order chi connectivity index (χ0) is 22.4. The maximum absolute atomic E-state index is 13.6. The van der Waals surface area contributed by atoms with Crippen LogP contribution in [0.3, 0.4) is 0 Å². The Morgan fingerprint density at radius 1 is 0.939 bits per heavy atom. The van der Waals surface area contributed by atoms with Crippen molar-refractivity contribution in [3.63, 3.8) is 0 Å². The van der Waals surface area contributed by atoms with Gasteiger partial charge in [0.1, 0.15) is 10.8 Å². The number of nitrogens with zero attached hydrogens (tertiary/aromatic N) is 4. The van der Waals surface area contributed by atoms with Gasteiger partial charge in [0.05, 0.1) is 27.2 Å². The Labute approximate surface area is 195 Å². The summed E-state index contributed by atoms with van der Waals surface area (Å²) in [6.45, 7) is 1.45. The number of aryl methyl sites for hydroxylation is 1. The number of hydrogen-bond acceptors (Lipinski definition) is 5. The Balaban J connectivity index is 1.35. The third-order valence-corrected chi connectivity index (χ3v) is 8.06. The topological polar surface area (TPSA) is 68.1 Å². The van der Waals surface area contributed by atoms with Crippen molar-refractivity contribution in [2.45, 2.75) is 57.5 Å². The van der Waals surface area contributed by atoms with Crippen molar-refractivity contribution in [1.82, 2.24) is 19.4 Å². The molecule has 6 rings (SSSR count). The molecule has 1 saturated heterocycles. The van der Waals surface area contributed by atoms with Gasteiger partial charge in [-0.25, -0.2) is 9.97 Å². The smallest absolute Gasteiger partial charge is 0.261 e. The molecular weight excluding hydrogens is 432 g/mol. The van der Waals surface area contributed by atoms with E-state index in [0.29, 0.717) is 16.5 Å². The van der Waals surface area contributed by atoms with Gasteiger partial charge >= 0.3 is 0 Å². The molecule has 1 unspecified atom stereocenters. The first kappa shape index (κ1) is 20.5. The van der Waals surface area contributed by atoms with Crippen LogP contribution in [-0.2, 0) is 13.0 Å². The van der Waals surface area contributed by atoms with Crippen LogP contribution in [0.15, 0.2) is 47.3 Å². The van der Waals surface area contributed by atoms with Gasteiger partial charge in [-0.2, -0.15) is 0 Å². The average Bonchev–Trinajstić information content (AvgIpc) is 3.46. The van der Waals surface area contributed by atoms with E-state index >= 15 is 0 Å². The lowest BCUT2D eigenvalue weighted by molar-refractivity contribution is 0.0735. The van der Waals surface area contributed by atoms with Crippen LogP contribution < -0.4 is 5.56 Å². The normalized spacial score (nSPS) is 18.9. The second-order valence-corrected chi connectivity index (χ2v) is 10.1. The number of para-hydroxylation sites is 1. The fourth-order valence-corrected chi connectivity index (χ4v) is 6.31. The zero-order valence-electron chi connectivity index (χ0n) is 18.5. The monoisotopic (exact) mass is 458 g/mol. The maximum atomic E-state index is 13.6. The average molecular weight is 459 g/mol. The summed E-state index contributed by atoms with van der Waals surface area (Å²) in [4.78, 5) is 38.3. The molecule has 0 bridgehead atoms. The van der Waals surface area contributed by atoms with Crippen molar-refractivity contribution in [3.05, 3.63) is 69.2 Å². The lowest BCUT2D eigenvalue weighted by Gasteiger charge is -2.23. The molecule has 33 heavy (non-hydrogen) atoms. The molecule has 4 heterocycles. The molecule has 1 amide bonds. The molecule has 0 aliphatic carbocycles. The maximum Gasteiger partial charge on any atom is 0.261 e. The second kappa shape index (κ2) is 8.37. The summed E-state index contributed by atoms with van der Waals surface area (Å²) in [7, 11) is 0. The van der Waals surface area contributed by atoms with Crippen LogP contribution in [0.1, 0.15) is 65.8 Å². The van der Waals surface area contributed by atoms with E-state index in [0.717, 1.165) is 72.7 Å². The van der Waals surface area contributed by atoms with Gasteiger partial charge in [-0.15, -0.1) is 11.3 Å². The third kappa shape index (κ3) is 3.64. The number of hydrogen-bond donors (Lipinski definition) is 0. The Kier molecular flexibility index (Phi) is 5.21. The summed E-state index contributed by atoms with van der Waals surface area (Å²) in [6, 6.07) is 13.5. The van der Waals surface area contributed by atoms with Crippen molar-refractivity contribution in [1.29, 1.82) is 0 Å². The number of aromatic nitrogens is 3. The zero-order valence-corrected chi connectivity index (χ0v) is 19.3. The molecule has 4 aromatic rings. The molecule has 1 fully saturated rings. The summed E-state index contributed by atoms with van der Waals surface area (Å²) in [5.41, 5.74) is 2.24. The van der Waals surface area contributed by atoms with E-state index in [4.69, 9.17) is 9.97 Å². The van der Waals surface area contributed by atoms with Crippen molar-refractivity contribution in [3.8, 4) is 0 Å². The lowest BCUT2D eigenvalue weighted by Crippen LogP contribution is -2.31. The largest absolute Gasteiger partial charge is 0.329 e. The number of amides is 1. The molecule has 2 aliphatic rings. The van der Waals surface area contributed by atoms with Crippen LogP contribution in [0.2, 0.25) is 0 Å². The van der Waals surface area contributed by atoms with Crippen LogP contribution in [0.4, 0.5) is 0 Å². The molecule has 0 radical (unpaired) electrons. The molecule has 1 atom stereocenters. The fraction of sp³-hybridized carbons (Fsp3) is 0.385. The summed E-state index contributed by atoms with van der Waals surface area (Å²) in [6.07, 6.45) is 7.10. The minimum atomic E-state index is -0.00713. The van der Waals surface area contributed by atoms with Crippen LogP contribution in [-0.4, -0.2) is 31.9 Å². The van der Waals surface area contributed by atoms with Gasteiger partial charge < -0.3 is 4.90 Å². The number of carbonyl (C=O) groups is 1. The van der Waals surface area contributed by atoms with Crippen LogP contribution in [0, 0.1) is 0 Å². The Morgan fingerprint density at radius 3 is 2.73 bits per heavy atom. The second-order valence-electron chi connectivity index (χ2n) is 9.06. The number of likely N-dealkylation sites (tertiary alicyclic amines) is 1. The van der Waals surface area contributed by atoms with Crippen molar-refractivity contribution in [2.75, 3.05) is 6.54 Å². The fourth-order valence-electron chi connectivity index (χ4n) is 5.19. The number of rotatable bonds is 2. The minimum Gasteiger partial charge on any atom is -0.329 e. The van der Waals surface area contributed by atoms with Gasteiger partial charge in [0, 0.05) is 25.1 Å². The number of benzene rings is 2. The van der Waals surface area contributed by atoms with E-state index in [2.05, 4.69) is 6.07 Å². The Hall–Kier alpha value is -3.06. The number of thiazole rings is 1. The highest BCUT2D eigenvalue weighted by Crippen LogP contribution is 2.37. The molecule has 0 N–H and O–H groups in total. The van der Waals surface area contributed by atoms with E-state index in [9.17, 15) is 9.59 Å². The molecule has 7 heteroatoms. The first-order valence-electron chi connectivity index (χ1n) is 11.9. The molecular formula is C26H26N4O2S. The van der Waals surface area contributed by atoms with Crippen LogP contribution in [0.25, 0.3) is 21.1 Å². The highest BCUT2D eigenvalue weighted by atomic mass is 32.1. The van der Waals surface area contributed by atoms with E-state index in [1.807, 2.05) is 33.7 Å². The summed E-state index contributed by atoms with van der Waals surface area (Å²) >= 11 is 1.67. The van der Waals surface area contributed by atoms with E-state index in [1.54, 1.807) is 23.5 Å². The third-order valence-electron chi connectivity index (χ3n) is 6.92.